The Labute approximate surface area is 75.3 Å². The lowest BCUT2D eigenvalue weighted by atomic mass is 10.3. The molecule has 1 aliphatic rings. The predicted octanol–water partition coefficient (Wildman–Crippen LogP) is 2.04. The number of esters is 1. The van der Waals surface area contributed by atoms with Crippen LogP contribution in [0, 0.1) is 6.92 Å². The largest absolute Gasteiger partial charge is 0.462 e. The molecule has 0 amide bonds. The highest BCUT2D eigenvalue weighted by Crippen LogP contribution is 2.15. The van der Waals surface area contributed by atoms with Gasteiger partial charge in [0.2, 0.25) is 0 Å². The summed E-state index contributed by atoms with van der Waals surface area (Å²) in [5.41, 5.74) is 0. The van der Waals surface area contributed by atoms with Crippen LogP contribution < -0.4 is 0 Å². The monoisotopic (exact) mass is 176 g/mol. The second-order valence-corrected chi connectivity index (χ2v) is 2.75. The van der Waals surface area contributed by atoms with Gasteiger partial charge in [-0.15, -0.1) is 0 Å². The van der Waals surface area contributed by atoms with Gasteiger partial charge in [0.25, 0.3) is 0 Å². The van der Waals surface area contributed by atoms with E-state index in [-0.39, 0.29) is 5.97 Å². The SMILES string of the molecule is Cc1ccc(/C=C2\C=CC(=O)O2)o1. The molecule has 3 heteroatoms. The van der Waals surface area contributed by atoms with Crippen molar-refractivity contribution in [3.05, 3.63) is 41.6 Å². The van der Waals surface area contributed by atoms with Gasteiger partial charge in [0.1, 0.15) is 17.3 Å². The highest BCUT2D eigenvalue weighted by atomic mass is 16.5. The lowest BCUT2D eigenvalue weighted by Crippen LogP contribution is -1.89. The zero-order valence-electron chi connectivity index (χ0n) is 7.11. The Morgan fingerprint density at radius 3 is 2.69 bits per heavy atom. The van der Waals surface area contributed by atoms with Gasteiger partial charge in [-0.3, -0.25) is 0 Å². The number of aryl methyl sites for hydroxylation is 1. The first-order valence-electron chi connectivity index (χ1n) is 3.92. The zero-order valence-corrected chi connectivity index (χ0v) is 7.11. The molecule has 0 unspecified atom stereocenters. The zero-order chi connectivity index (χ0) is 9.26. The van der Waals surface area contributed by atoms with Crippen molar-refractivity contribution in [3.8, 4) is 0 Å². The first-order valence-corrected chi connectivity index (χ1v) is 3.92. The van der Waals surface area contributed by atoms with E-state index < -0.39 is 0 Å². The molecule has 0 radical (unpaired) electrons. The van der Waals surface area contributed by atoms with Crippen molar-refractivity contribution >= 4 is 12.0 Å². The molecule has 1 aromatic rings. The summed E-state index contributed by atoms with van der Waals surface area (Å²) >= 11 is 0. The Balaban J connectivity index is 2.22. The van der Waals surface area contributed by atoms with E-state index in [9.17, 15) is 4.79 Å². The van der Waals surface area contributed by atoms with Crippen LogP contribution in [0.15, 0.2) is 34.5 Å². The van der Waals surface area contributed by atoms with Gasteiger partial charge in [0, 0.05) is 12.2 Å². The molecule has 3 nitrogen and oxygen atoms in total. The predicted molar refractivity (Wildman–Crippen MR) is 46.7 cm³/mol. The van der Waals surface area contributed by atoms with Crippen LogP contribution in [0.5, 0.6) is 0 Å². The summed E-state index contributed by atoms with van der Waals surface area (Å²) in [4.78, 5) is 10.7. The number of furan rings is 1. The van der Waals surface area contributed by atoms with Crippen molar-refractivity contribution in [1.29, 1.82) is 0 Å². The van der Waals surface area contributed by atoms with Crippen LogP contribution >= 0.6 is 0 Å². The summed E-state index contributed by atoms with van der Waals surface area (Å²) in [5.74, 6) is 1.70. The molecule has 2 heterocycles. The summed E-state index contributed by atoms with van der Waals surface area (Å²) in [6, 6.07) is 3.68. The average molecular weight is 176 g/mol. The van der Waals surface area contributed by atoms with Crippen molar-refractivity contribution in [3.63, 3.8) is 0 Å². The van der Waals surface area contributed by atoms with Crippen LogP contribution in [0.25, 0.3) is 6.08 Å². The third-order valence-corrected chi connectivity index (χ3v) is 1.65. The fourth-order valence-electron chi connectivity index (χ4n) is 1.08. The Kier molecular flexibility index (Phi) is 1.77. The molecule has 0 bridgehead atoms. The Morgan fingerprint density at radius 1 is 1.31 bits per heavy atom. The lowest BCUT2D eigenvalue weighted by Gasteiger charge is -1.92. The number of hydrogen-bond acceptors (Lipinski definition) is 3. The van der Waals surface area contributed by atoms with E-state index in [4.69, 9.17) is 9.15 Å². The van der Waals surface area contributed by atoms with Crippen LogP contribution in [0.2, 0.25) is 0 Å². The summed E-state index contributed by atoms with van der Waals surface area (Å²) in [7, 11) is 0. The fourth-order valence-corrected chi connectivity index (χ4v) is 1.08. The molecule has 0 N–H and O–H groups in total. The smallest absolute Gasteiger partial charge is 0.336 e. The number of carbonyl (C=O) groups is 1. The van der Waals surface area contributed by atoms with Gasteiger partial charge in [0.05, 0.1) is 0 Å². The molecule has 0 aliphatic carbocycles. The molecule has 0 fully saturated rings. The van der Waals surface area contributed by atoms with E-state index in [1.54, 1.807) is 12.2 Å². The van der Waals surface area contributed by atoms with Crippen LogP contribution in [0.3, 0.4) is 0 Å². The maximum Gasteiger partial charge on any atom is 0.336 e. The standard InChI is InChI=1S/C10H8O3/c1-7-2-3-8(12-7)6-9-4-5-10(11)13-9/h2-6H,1H3/b9-6+. The molecule has 1 aromatic heterocycles. The van der Waals surface area contributed by atoms with Crippen molar-refractivity contribution < 1.29 is 13.9 Å². The fraction of sp³-hybridized carbons (Fsp3) is 0.100. The van der Waals surface area contributed by atoms with E-state index in [0.29, 0.717) is 11.5 Å². The normalized spacial score (nSPS) is 18.2. The minimum Gasteiger partial charge on any atom is -0.462 e. The molecule has 66 valence electrons. The van der Waals surface area contributed by atoms with E-state index in [1.165, 1.54) is 6.08 Å². The van der Waals surface area contributed by atoms with Gasteiger partial charge >= 0.3 is 5.97 Å². The second-order valence-electron chi connectivity index (χ2n) is 2.75. The number of cyclic esters (lactones) is 1. The summed E-state index contributed by atoms with van der Waals surface area (Å²) < 4.78 is 10.1. The van der Waals surface area contributed by atoms with Gasteiger partial charge in [-0.1, -0.05) is 0 Å². The molecule has 13 heavy (non-hydrogen) atoms. The van der Waals surface area contributed by atoms with Gasteiger partial charge in [-0.25, -0.2) is 4.79 Å². The second kappa shape index (κ2) is 2.94. The summed E-state index contributed by atoms with van der Waals surface area (Å²) in [6.07, 6.45) is 4.66. The Hall–Kier alpha value is -1.77. The van der Waals surface area contributed by atoms with Crippen molar-refractivity contribution in [2.24, 2.45) is 0 Å². The number of allylic oxidation sites excluding steroid dienone is 1. The van der Waals surface area contributed by atoms with Gasteiger partial charge < -0.3 is 9.15 Å². The van der Waals surface area contributed by atoms with E-state index in [0.717, 1.165) is 5.76 Å². The number of hydrogen-bond donors (Lipinski definition) is 0. The van der Waals surface area contributed by atoms with Crippen LogP contribution in [-0.4, -0.2) is 5.97 Å². The molecule has 0 aromatic carbocycles. The highest BCUT2D eigenvalue weighted by molar-refractivity contribution is 5.87. The van der Waals surface area contributed by atoms with Crippen molar-refractivity contribution in [1.82, 2.24) is 0 Å². The summed E-state index contributed by atoms with van der Waals surface area (Å²) in [5, 5.41) is 0. The van der Waals surface area contributed by atoms with Crippen LogP contribution in [0.1, 0.15) is 11.5 Å². The summed E-state index contributed by atoms with van der Waals surface area (Å²) in [6.45, 7) is 1.86. The molecular weight excluding hydrogens is 168 g/mol. The first kappa shape index (κ1) is 7.86. The third kappa shape index (κ3) is 1.69. The quantitative estimate of drug-likeness (QED) is 0.614. The highest BCUT2D eigenvalue weighted by Gasteiger charge is 2.09. The van der Waals surface area contributed by atoms with E-state index in [1.807, 2.05) is 19.1 Å². The molecule has 2 rings (SSSR count). The minimum absolute atomic E-state index is 0.338. The third-order valence-electron chi connectivity index (χ3n) is 1.65. The van der Waals surface area contributed by atoms with Gasteiger partial charge in [-0.05, 0) is 25.1 Å². The van der Waals surface area contributed by atoms with Crippen LogP contribution in [0.4, 0.5) is 0 Å². The molecule has 0 saturated carbocycles. The number of ether oxygens (including phenoxy) is 1. The minimum atomic E-state index is -0.338. The Bertz CT molecular complexity index is 396. The molecule has 1 aliphatic heterocycles. The first-order chi connectivity index (χ1) is 6.24. The van der Waals surface area contributed by atoms with Crippen molar-refractivity contribution in [2.45, 2.75) is 6.92 Å². The maximum atomic E-state index is 10.7. The maximum absolute atomic E-state index is 10.7. The molecule has 0 atom stereocenters. The molecule has 0 spiro atoms. The van der Waals surface area contributed by atoms with Gasteiger partial charge in [0.15, 0.2) is 0 Å². The molecule has 0 saturated heterocycles. The topological polar surface area (TPSA) is 39.4 Å². The lowest BCUT2D eigenvalue weighted by molar-refractivity contribution is -0.132. The average Bonchev–Trinajstić information content (AvgIpc) is 2.62. The van der Waals surface area contributed by atoms with E-state index >= 15 is 0 Å². The van der Waals surface area contributed by atoms with Gasteiger partial charge in [-0.2, -0.15) is 0 Å². The number of rotatable bonds is 1. The van der Waals surface area contributed by atoms with Crippen LogP contribution in [-0.2, 0) is 9.53 Å². The van der Waals surface area contributed by atoms with E-state index in [2.05, 4.69) is 0 Å². The number of carbonyl (C=O) groups excluding carboxylic acids is 1. The van der Waals surface area contributed by atoms with Crippen molar-refractivity contribution in [2.75, 3.05) is 0 Å². The molecular formula is C10H8O3. The Morgan fingerprint density at radius 2 is 2.15 bits per heavy atom.